The van der Waals surface area contributed by atoms with Crippen molar-refractivity contribution in [1.29, 1.82) is 0 Å². The molecule has 114 valence electrons. The Kier molecular flexibility index (Phi) is 5.09. The van der Waals surface area contributed by atoms with Crippen LogP contribution in [0.3, 0.4) is 0 Å². The van der Waals surface area contributed by atoms with E-state index in [1.165, 1.54) is 0 Å². The number of nitrogens with one attached hydrogen (secondary N) is 2. The van der Waals surface area contributed by atoms with Gasteiger partial charge in [0.25, 0.3) is 0 Å². The van der Waals surface area contributed by atoms with E-state index in [-0.39, 0.29) is 18.2 Å². The number of hydrogen-bond acceptors (Lipinski definition) is 4. The molecule has 1 aliphatic rings. The number of piperidine rings is 1. The fraction of sp³-hybridized carbons (Fsp3) is 0.500. The fourth-order valence-electron chi connectivity index (χ4n) is 2.65. The number of carbonyl (C=O) groups excluding carboxylic acids is 2. The quantitative estimate of drug-likeness (QED) is 0.782. The third-order valence-corrected chi connectivity index (χ3v) is 4.26. The summed E-state index contributed by atoms with van der Waals surface area (Å²) in [5, 5.41) is 5.94. The van der Waals surface area contributed by atoms with Crippen molar-refractivity contribution < 1.29 is 9.59 Å². The molecule has 2 N–H and O–H groups in total. The highest BCUT2D eigenvalue weighted by molar-refractivity contribution is 6.00. The van der Waals surface area contributed by atoms with Gasteiger partial charge in [0.05, 0.1) is 6.54 Å². The molecular weight excluding hydrogens is 266 g/mol. The number of hydrogen-bond donors (Lipinski definition) is 2. The maximum atomic E-state index is 12.4. The lowest BCUT2D eigenvalue weighted by atomic mass is 9.86. The molecule has 1 aliphatic heterocycles. The standard InChI is InChI=1S/C16H23N3O2/c1-17-16(8-10-19(2)11-9-16)15(21)18-12-14(20)13-6-4-3-5-7-13/h3-7,17H,8-12H2,1-2H3,(H,18,21). The molecule has 5 heteroatoms. The van der Waals surface area contributed by atoms with Gasteiger partial charge in [0.1, 0.15) is 5.54 Å². The van der Waals surface area contributed by atoms with Gasteiger partial charge in [-0.05, 0) is 26.9 Å². The zero-order valence-electron chi connectivity index (χ0n) is 12.7. The molecule has 1 fully saturated rings. The SMILES string of the molecule is CNC1(C(=O)NCC(=O)c2ccccc2)CCN(C)CC1. The summed E-state index contributed by atoms with van der Waals surface area (Å²) in [6, 6.07) is 9.03. The lowest BCUT2D eigenvalue weighted by Gasteiger charge is -2.39. The third kappa shape index (κ3) is 3.68. The van der Waals surface area contributed by atoms with Crippen LogP contribution in [0.1, 0.15) is 23.2 Å². The van der Waals surface area contributed by atoms with Crippen molar-refractivity contribution >= 4 is 11.7 Å². The molecule has 0 saturated carbocycles. The van der Waals surface area contributed by atoms with Crippen LogP contribution in [0.2, 0.25) is 0 Å². The van der Waals surface area contributed by atoms with E-state index >= 15 is 0 Å². The summed E-state index contributed by atoms with van der Waals surface area (Å²) in [5.41, 5.74) is 0.0726. The second-order valence-corrected chi connectivity index (χ2v) is 5.61. The molecule has 5 nitrogen and oxygen atoms in total. The molecule has 0 radical (unpaired) electrons. The third-order valence-electron chi connectivity index (χ3n) is 4.26. The first kappa shape index (κ1) is 15.7. The van der Waals surface area contributed by atoms with E-state index in [1.807, 2.05) is 25.2 Å². The van der Waals surface area contributed by atoms with Crippen LogP contribution in [0.4, 0.5) is 0 Å². The van der Waals surface area contributed by atoms with Gasteiger partial charge < -0.3 is 15.5 Å². The molecule has 0 atom stereocenters. The molecule has 0 aromatic heterocycles. The van der Waals surface area contributed by atoms with Crippen LogP contribution in [0.15, 0.2) is 30.3 Å². The number of benzene rings is 1. The highest BCUT2D eigenvalue weighted by atomic mass is 16.2. The van der Waals surface area contributed by atoms with Gasteiger partial charge in [0, 0.05) is 18.7 Å². The van der Waals surface area contributed by atoms with E-state index in [0.717, 1.165) is 25.9 Å². The van der Waals surface area contributed by atoms with Gasteiger partial charge in [-0.15, -0.1) is 0 Å². The number of likely N-dealkylation sites (N-methyl/N-ethyl adjacent to an activating group) is 1. The van der Waals surface area contributed by atoms with Crippen molar-refractivity contribution in [3.63, 3.8) is 0 Å². The maximum absolute atomic E-state index is 12.4. The molecule has 0 bridgehead atoms. The average Bonchev–Trinajstić information content (AvgIpc) is 2.54. The molecule has 1 aromatic carbocycles. The Bertz CT molecular complexity index is 494. The van der Waals surface area contributed by atoms with Crippen LogP contribution in [-0.2, 0) is 4.79 Å². The van der Waals surface area contributed by atoms with E-state index in [4.69, 9.17) is 0 Å². The highest BCUT2D eigenvalue weighted by Crippen LogP contribution is 2.21. The van der Waals surface area contributed by atoms with E-state index in [1.54, 1.807) is 12.1 Å². The Balaban J connectivity index is 1.93. The molecule has 1 heterocycles. The number of likely N-dealkylation sites (tertiary alicyclic amines) is 1. The Morgan fingerprint density at radius 1 is 1.19 bits per heavy atom. The van der Waals surface area contributed by atoms with Crippen molar-refractivity contribution in [2.45, 2.75) is 18.4 Å². The minimum atomic E-state index is -0.552. The average molecular weight is 289 g/mol. The van der Waals surface area contributed by atoms with Crippen molar-refractivity contribution in [3.8, 4) is 0 Å². The first-order valence-corrected chi connectivity index (χ1v) is 7.31. The van der Waals surface area contributed by atoms with Gasteiger partial charge in [-0.2, -0.15) is 0 Å². The lowest BCUT2D eigenvalue weighted by Crippen LogP contribution is -2.60. The van der Waals surface area contributed by atoms with Crippen LogP contribution < -0.4 is 10.6 Å². The molecule has 0 spiro atoms. The zero-order chi connectivity index (χ0) is 15.3. The van der Waals surface area contributed by atoms with Gasteiger partial charge in [0.2, 0.25) is 5.91 Å². The lowest BCUT2D eigenvalue weighted by molar-refractivity contribution is -0.129. The molecule has 1 saturated heterocycles. The number of ketones is 1. The molecule has 2 rings (SSSR count). The van der Waals surface area contributed by atoms with Crippen molar-refractivity contribution in [2.75, 3.05) is 33.7 Å². The molecule has 0 unspecified atom stereocenters. The number of amides is 1. The predicted molar refractivity (Wildman–Crippen MR) is 82.3 cm³/mol. The van der Waals surface area contributed by atoms with E-state index in [2.05, 4.69) is 22.6 Å². The fourth-order valence-corrected chi connectivity index (χ4v) is 2.65. The Morgan fingerprint density at radius 2 is 1.81 bits per heavy atom. The van der Waals surface area contributed by atoms with Crippen LogP contribution in [-0.4, -0.2) is 55.9 Å². The van der Waals surface area contributed by atoms with Gasteiger partial charge in [0.15, 0.2) is 5.78 Å². The first-order chi connectivity index (χ1) is 10.1. The van der Waals surface area contributed by atoms with E-state index < -0.39 is 5.54 Å². The number of nitrogens with zero attached hydrogens (tertiary/aromatic N) is 1. The number of rotatable bonds is 5. The van der Waals surface area contributed by atoms with Crippen molar-refractivity contribution in [2.24, 2.45) is 0 Å². The first-order valence-electron chi connectivity index (χ1n) is 7.31. The van der Waals surface area contributed by atoms with E-state index in [0.29, 0.717) is 5.56 Å². The maximum Gasteiger partial charge on any atom is 0.240 e. The molecule has 0 aliphatic carbocycles. The van der Waals surface area contributed by atoms with Gasteiger partial charge >= 0.3 is 0 Å². The summed E-state index contributed by atoms with van der Waals surface area (Å²) in [7, 11) is 3.86. The second-order valence-electron chi connectivity index (χ2n) is 5.61. The van der Waals surface area contributed by atoms with Gasteiger partial charge in [-0.3, -0.25) is 9.59 Å². The van der Waals surface area contributed by atoms with E-state index in [9.17, 15) is 9.59 Å². The molecule has 21 heavy (non-hydrogen) atoms. The largest absolute Gasteiger partial charge is 0.347 e. The topological polar surface area (TPSA) is 61.4 Å². The monoisotopic (exact) mass is 289 g/mol. The Hall–Kier alpha value is -1.72. The van der Waals surface area contributed by atoms with Gasteiger partial charge in [-0.1, -0.05) is 30.3 Å². The Labute approximate surface area is 125 Å². The van der Waals surface area contributed by atoms with Crippen LogP contribution in [0, 0.1) is 0 Å². The number of Topliss-reactive ketones (excluding diaryl/α,β-unsaturated/α-hetero) is 1. The summed E-state index contributed by atoms with van der Waals surface area (Å²) in [6.07, 6.45) is 1.51. The van der Waals surface area contributed by atoms with Crippen LogP contribution in [0.25, 0.3) is 0 Å². The summed E-state index contributed by atoms with van der Waals surface area (Å²) in [6.45, 7) is 1.80. The normalized spacial score (nSPS) is 18.2. The predicted octanol–water partition coefficient (Wildman–Crippen LogP) is 0.669. The summed E-state index contributed by atoms with van der Waals surface area (Å²) >= 11 is 0. The highest BCUT2D eigenvalue weighted by Gasteiger charge is 2.39. The van der Waals surface area contributed by atoms with Crippen LogP contribution >= 0.6 is 0 Å². The number of carbonyl (C=O) groups is 2. The smallest absolute Gasteiger partial charge is 0.240 e. The Morgan fingerprint density at radius 3 is 2.38 bits per heavy atom. The summed E-state index contributed by atoms with van der Waals surface area (Å²) in [4.78, 5) is 26.7. The molecular formula is C16H23N3O2. The minimum absolute atomic E-state index is 0.0438. The van der Waals surface area contributed by atoms with Crippen molar-refractivity contribution in [1.82, 2.24) is 15.5 Å². The summed E-state index contributed by atoms with van der Waals surface area (Å²) < 4.78 is 0. The summed E-state index contributed by atoms with van der Waals surface area (Å²) in [5.74, 6) is -0.148. The molecule has 1 aromatic rings. The second kappa shape index (κ2) is 6.83. The van der Waals surface area contributed by atoms with Gasteiger partial charge in [-0.25, -0.2) is 0 Å². The van der Waals surface area contributed by atoms with Crippen LogP contribution in [0.5, 0.6) is 0 Å². The minimum Gasteiger partial charge on any atom is -0.347 e. The zero-order valence-corrected chi connectivity index (χ0v) is 12.7. The molecule has 1 amide bonds. The van der Waals surface area contributed by atoms with Crippen molar-refractivity contribution in [3.05, 3.63) is 35.9 Å².